The Labute approximate surface area is 182 Å². The van der Waals surface area contributed by atoms with Crippen LogP contribution in [0.25, 0.3) is 0 Å². The standard InChI is InChI=1S/C24H31BrN2O2/c1-3-5-15-26-24(29)22(17-19-11-7-6-8-12-19)27(23(28)10-4-2)18-20-13-9-14-21(25)16-20/h6-9,11-14,16,22H,3-5,10,15,17-18H2,1-2H3,(H,26,29)/t22-/m1/s1. The summed E-state index contributed by atoms with van der Waals surface area (Å²) in [5.41, 5.74) is 2.05. The number of nitrogens with zero attached hydrogens (tertiary/aromatic N) is 1. The molecule has 156 valence electrons. The lowest BCUT2D eigenvalue weighted by Gasteiger charge is -2.31. The third kappa shape index (κ3) is 7.65. The molecule has 0 spiro atoms. The van der Waals surface area contributed by atoms with Crippen LogP contribution in [0.15, 0.2) is 59.1 Å². The van der Waals surface area contributed by atoms with E-state index in [1.807, 2.05) is 61.5 Å². The highest BCUT2D eigenvalue weighted by atomic mass is 79.9. The van der Waals surface area contributed by atoms with Gasteiger partial charge < -0.3 is 10.2 Å². The van der Waals surface area contributed by atoms with Crippen molar-refractivity contribution in [2.45, 2.75) is 58.5 Å². The highest BCUT2D eigenvalue weighted by Crippen LogP contribution is 2.18. The van der Waals surface area contributed by atoms with Gasteiger partial charge in [0, 0.05) is 30.4 Å². The summed E-state index contributed by atoms with van der Waals surface area (Å²) in [4.78, 5) is 27.9. The molecule has 0 saturated heterocycles. The summed E-state index contributed by atoms with van der Waals surface area (Å²) in [6.45, 7) is 5.13. The second kappa shape index (κ2) is 12.4. The molecule has 0 radical (unpaired) electrons. The van der Waals surface area contributed by atoms with Crippen LogP contribution >= 0.6 is 15.9 Å². The Morgan fingerprint density at radius 1 is 1.00 bits per heavy atom. The van der Waals surface area contributed by atoms with E-state index in [9.17, 15) is 9.59 Å². The first-order valence-electron chi connectivity index (χ1n) is 10.4. The predicted octanol–water partition coefficient (Wildman–Crippen LogP) is 5.11. The van der Waals surface area contributed by atoms with Gasteiger partial charge >= 0.3 is 0 Å². The fraction of sp³-hybridized carbons (Fsp3) is 0.417. The lowest BCUT2D eigenvalue weighted by molar-refractivity contribution is -0.141. The molecule has 5 heteroatoms. The molecule has 29 heavy (non-hydrogen) atoms. The lowest BCUT2D eigenvalue weighted by atomic mass is 10.0. The highest BCUT2D eigenvalue weighted by molar-refractivity contribution is 9.10. The first-order valence-corrected chi connectivity index (χ1v) is 11.2. The molecule has 1 N–H and O–H groups in total. The number of carbonyl (C=O) groups is 2. The molecule has 4 nitrogen and oxygen atoms in total. The number of nitrogens with one attached hydrogen (secondary N) is 1. The maximum absolute atomic E-state index is 13.1. The van der Waals surface area contributed by atoms with E-state index in [0.717, 1.165) is 34.9 Å². The summed E-state index contributed by atoms with van der Waals surface area (Å²) in [5, 5.41) is 3.04. The molecule has 0 aliphatic rings. The van der Waals surface area contributed by atoms with E-state index in [0.29, 0.717) is 25.9 Å². The molecular formula is C24H31BrN2O2. The normalized spacial score (nSPS) is 11.7. The van der Waals surface area contributed by atoms with Crippen molar-refractivity contribution in [3.8, 4) is 0 Å². The maximum Gasteiger partial charge on any atom is 0.243 e. The Morgan fingerprint density at radius 2 is 1.72 bits per heavy atom. The zero-order valence-electron chi connectivity index (χ0n) is 17.4. The molecular weight excluding hydrogens is 428 g/mol. The summed E-state index contributed by atoms with van der Waals surface area (Å²) in [6, 6.07) is 17.3. The van der Waals surface area contributed by atoms with E-state index in [4.69, 9.17) is 0 Å². The summed E-state index contributed by atoms with van der Waals surface area (Å²) < 4.78 is 0.963. The number of rotatable bonds is 11. The molecule has 0 saturated carbocycles. The number of hydrogen-bond donors (Lipinski definition) is 1. The minimum atomic E-state index is -0.535. The van der Waals surface area contributed by atoms with E-state index < -0.39 is 6.04 Å². The van der Waals surface area contributed by atoms with Gasteiger partial charge in [0.25, 0.3) is 0 Å². The Morgan fingerprint density at radius 3 is 2.38 bits per heavy atom. The monoisotopic (exact) mass is 458 g/mol. The van der Waals surface area contributed by atoms with Crippen LogP contribution in [0.5, 0.6) is 0 Å². The van der Waals surface area contributed by atoms with E-state index in [-0.39, 0.29) is 11.8 Å². The third-order valence-corrected chi connectivity index (χ3v) is 5.30. The van der Waals surface area contributed by atoms with Crippen molar-refractivity contribution in [1.29, 1.82) is 0 Å². The molecule has 0 unspecified atom stereocenters. The number of carbonyl (C=O) groups excluding carboxylic acids is 2. The van der Waals surface area contributed by atoms with Crippen LogP contribution in [0.3, 0.4) is 0 Å². The largest absolute Gasteiger partial charge is 0.354 e. The van der Waals surface area contributed by atoms with Crippen LogP contribution in [0, 0.1) is 0 Å². The zero-order chi connectivity index (χ0) is 21.1. The topological polar surface area (TPSA) is 49.4 Å². The third-order valence-electron chi connectivity index (χ3n) is 4.81. The number of halogens is 1. The summed E-state index contributed by atoms with van der Waals surface area (Å²) in [6.07, 6.45) is 3.63. The van der Waals surface area contributed by atoms with Gasteiger partial charge in [-0.15, -0.1) is 0 Å². The molecule has 0 bridgehead atoms. The predicted molar refractivity (Wildman–Crippen MR) is 121 cm³/mol. The van der Waals surface area contributed by atoms with Crippen LogP contribution in [-0.4, -0.2) is 29.3 Å². The van der Waals surface area contributed by atoms with Gasteiger partial charge in [-0.25, -0.2) is 0 Å². The van der Waals surface area contributed by atoms with Gasteiger partial charge in [0.05, 0.1) is 0 Å². The van der Waals surface area contributed by atoms with E-state index in [2.05, 4.69) is 28.2 Å². The minimum absolute atomic E-state index is 0.0130. The number of unbranched alkanes of at least 4 members (excludes halogenated alkanes) is 1. The smallest absolute Gasteiger partial charge is 0.243 e. The molecule has 1 atom stereocenters. The number of amides is 2. The van der Waals surface area contributed by atoms with Gasteiger partial charge in [0.2, 0.25) is 11.8 Å². The quantitative estimate of drug-likeness (QED) is 0.475. The van der Waals surface area contributed by atoms with Crippen LogP contribution in [0.4, 0.5) is 0 Å². The average Bonchev–Trinajstić information content (AvgIpc) is 2.71. The molecule has 0 aliphatic heterocycles. The van der Waals surface area contributed by atoms with Crippen LogP contribution in [0.2, 0.25) is 0 Å². The van der Waals surface area contributed by atoms with Crippen molar-refractivity contribution < 1.29 is 9.59 Å². The fourth-order valence-electron chi connectivity index (χ4n) is 3.25. The van der Waals surface area contributed by atoms with E-state index in [1.54, 1.807) is 4.90 Å². The van der Waals surface area contributed by atoms with Gasteiger partial charge in [-0.3, -0.25) is 9.59 Å². The summed E-state index contributed by atoms with van der Waals surface area (Å²) in [7, 11) is 0. The highest BCUT2D eigenvalue weighted by Gasteiger charge is 2.29. The minimum Gasteiger partial charge on any atom is -0.354 e. The summed E-state index contributed by atoms with van der Waals surface area (Å²) >= 11 is 3.50. The molecule has 2 amide bonds. The molecule has 2 aromatic carbocycles. The fourth-order valence-corrected chi connectivity index (χ4v) is 3.70. The molecule has 2 rings (SSSR count). The van der Waals surface area contributed by atoms with Gasteiger partial charge in [-0.1, -0.05) is 78.7 Å². The second-order valence-corrected chi connectivity index (χ2v) is 8.17. The summed E-state index contributed by atoms with van der Waals surface area (Å²) in [5.74, 6) is -0.0687. The average molecular weight is 459 g/mol. The van der Waals surface area contributed by atoms with Crippen LogP contribution in [0.1, 0.15) is 50.7 Å². The van der Waals surface area contributed by atoms with Gasteiger partial charge in [0.1, 0.15) is 6.04 Å². The van der Waals surface area contributed by atoms with Crippen molar-refractivity contribution in [3.05, 3.63) is 70.2 Å². The van der Waals surface area contributed by atoms with Crippen LogP contribution in [-0.2, 0) is 22.6 Å². The molecule has 0 heterocycles. The maximum atomic E-state index is 13.1. The Balaban J connectivity index is 2.32. The van der Waals surface area contributed by atoms with Crippen molar-refractivity contribution in [2.24, 2.45) is 0 Å². The number of hydrogen-bond acceptors (Lipinski definition) is 2. The molecule has 2 aromatic rings. The molecule has 0 fully saturated rings. The Kier molecular flexibility index (Phi) is 9.92. The van der Waals surface area contributed by atoms with Crippen molar-refractivity contribution in [1.82, 2.24) is 10.2 Å². The molecule has 0 aromatic heterocycles. The van der Waals surface area contributed by atoms with Crippen LogP contribution < -0.4 is 5.32 Å². The van der Waals surface area contributed by atoms with Gasteiger partial charge in [0.15, 0.2) is 0 Å². The SMILES string of the molecule is CCCCNC(=O)[C@@H](Cc1ccccc1)N(Cc1cccc(Br)c1)C(=O)CCC. The lowest BCUT2D eigenvalue weighted by Crippen LogP contribution is -2.50. The Hall–Kier alpha value is -2.14. The van der Waals surface area contributed by atoms with E-state index >= 15 is 0 Å². The van der Waals surface area contributed by atoms with Crippen molar-refractivity contribution >= 4 is 27.7 Å². The zero-order valence-corrected chi connectivity index (χ0v) is 19.0. The first kappa shape index (κ1) is 23.1. The van der Waals surface area contributed by atoms with Gasteiger partial charge in [-0.2, -0.15) is 0 Å². The first-order chi connectivity index (χ1) is 14.0. The number of benzene rings is 2. The Bertz CT molecular complexity index is 779. The van der Waals surface area contributed by atoms with Crippen molar-refractivity contribution in [2.75, 3.05) is 6.54 Å². The molecule has 0 aliphatic carbocycles. The van der Waals surface area contributed by atoms with E-state index in [1.165, 1.54) is 0 Å². The van der Waals surface area contributed by atoms with Crippen molar-refractivity contribution in [3.63, 3.8) is 0 Å². The second-order valence-electron chi connectivity index (χ2n) is 7.25. The van der Waals surface area contributed by atoms with Gasteiger partial charge in [-0.05, 0) is 36.1 Å².